The summed E-state index contributed by atoms with van der Waals surface area (Å²) in [4.78, 5) is 2.87. The van der Waals surface area contributed by atoms with Gasteiger partial charge in [-0.05, 0) is 49.2 Å². The van der Waals surface area contributed by atoms with Crippen molar-refractivity contribution in [3.63, 3.8) is 0 Å². The quantitative estimate of drug-likeness (QED) is 0.830. The lowest BCUT2D eigenvalue weighted by molar-refractivity contribution is 0.171. The van der Waals surface area contributed by atoms with Crippen molar-refractivity contribution in [2.75, 3.05) is 19.8 Å². The molecule has 0 fully saturated rings. The number of thiophene rings is 1. The summed E-state index contributed by atoms with van der Waals surface area (Å²) in [5, 5.41) is 3.51. The van der Waals surface area contributed by atoms with Crippen LogP contribution in [0.4, 0.5) is 0 Å². The number of hydrogen-bond acceptors (Lipinski definition) is 4. The summed E-state index contributed by atoms with van der Waals surface area (Å²) in [6.07, 6.45) is 2.13. The van der Waals surface area contributed by atoms with Gasteiger partial charge in [-0.15, -0.1) is 11.3 Å². The Morgan fingerprint density at radius 2 is 1.86 bits per heavy atom. The van der Waals surface area contributed by atoms with E-state index in [0.29, 0.717) is 13.2 Å². The molecule has 0 bridgehead atoms. The summed E-state index contributed by atoms with van der Waals surface area (Å²) in [7, 11) is 0. The predicted octanol–water partition coefficient (Wildman–Crippen LogP) is 3.41. The highest BCUT2D eigenvalue weighted by Gasteiger charge is 2.11. The first-order chi connectivity index (χ1) is 10.3. The van der Waals surface area contributed by atoms with Gasteiger partial charge in [-0.2, -0.15) is 0 Å². The molecule has 2 heterocycles. The van der Waals surface area contributed by atoms with Gasteiger partial charge < -0.3 is 14.8 Å². The summed E-state index contributed by atoms with van der Waals surface area (Å²) < 4.78 is 11.1. The van der Waals surface area contributed by atoms with Crippen molar-refractivity contribution < 1.29 is 9.47 Å². The van der Waals surface area contributed by atoms with E-state index in [1.165, 1.54) is 15.3 Å². The lowest BCUT2D eigenvalue weighted by Crippen LogP contribution is -2.17. The first-order valence-corrected chi connectivity index (χ1v) is 8.33. The first kappa shape index (κ1) is 14.4. The molecule has 1 aromatic carbocycles. The predicted molar refractivity (Wildman–Crippen MR) is 86.5 cm³/mol. The molecule has 0 saturated carbocycles. The van der Waals surface area contributed by atoms with E-state index in [2.05, 4.69) is 36.5 Å². The molecule has 0 atom stereocenters. The summed E-state index contributed by atoms with van der Waals surface area (Å²) in [6.45, 7) is 5.42. The largest absolute Gasteiger partial charge is 0.486 e. The van der Waals surface area contributed by atoms with Crippen molar-refractivity contribution in [1.82, 2.24) is 5.32 Å². The van der Waals surface area contributed by atoms with Crippen LogP contribution in [0, 0.1) is 0 Å². The van der Waals surface area contributed by atoms with Crippen molar-refractivity contribution in [2.45, 2.75) is 26.3 Å². The molecule has 0 radical (unpaired) electrons. The minimum atomic E-state index is 0.646. The number of ether oxygens (including phenoxy) is 2. The van der Waals surface area contributed by atoms with Crippen LogP contribution in [0.5, 0.6) is 11.5 Å². The van der Waals surface area contributed by atoms with Crippen LogP contribution in [0.15, 0.2) is 30.3 Å². The molecule has 0 aliphatic carbocycles. The van der Waals surface area contributed by atoms with E-state index in [-0.39, 0.29) is 0 Å². The van der Waals surface area contributed by atoms with Gasteiger partial charge in [0.15, 0.2) is 11.5 Å². The monoisotopic (exact) mass is 303 g/mol. The van der Waals surface area contributed by atoms with Crippen LogP contribution < -0.4 is 14.8 Å². The summed E-state index contributed by atoms with van der Waals surface area (Å²) in [6, 6.07) is 10.7. The Kier molecular flexibility index (Phi) is 4.78. The van der Waals surface area contributed by atoms with Crippen LogP contribution in [-0.4, -0.2) is 19.8 Å². The third-order valence-electron chi connectivity index (χ3n) is 3.56. The molecule has 0 spiro atoms. The standard InChI is InChI=1S/C17H21NO2S/c1-2-14-4-5-15(21-14)12-18-8-7-13-3-6-16-17(11-13)20-10-9-19-16/h3-6,11,18H,2,7-10,12H2,1H3. The number of nitrogens with one attached hydrogen (secondary N) is 1. The van der Waals surface area contributed by atoms with Gasteiger partial charge in [0.1, 0.15) is 13.2 Å². The number of hydrogen-bond donors (Lipinski definition) is 1. The minimum Gasteiger partial charge on any atom is -0.486 e. The van der Waals surface area contributed by atoms with E-state index in [1.54, 1.807) is 0 Å². The van der Waals surface area contributed by atoms with Crippen molar-refractivity contribution in [1.29, 1.82) is 0 Å². The Labute approximate surface area is 129 Å². The normalized spacial score (nSPS) is 13.4. The van der Waals surface area contributed by atoms with Gasteiger partial charge in [0.25, 0.3) is 0 Å². The molecular formula is C17H21NO2S. The first-order valence-electron chi connectivity index (χ1n) is 7.52. The van der Waals surface area contributed by atoms with Gasteiger partial charge in [-0.3, -0.25) is 0 Å². The zero-order valence-electron chi connectivity index (χ0n) is 12.4. The Morgan fingerprint density at radius 1 is 1.05 bits per heavy atom. The number of aryl methyl sites for hydroxylation is 1. The minimum absolute atomic E-state index is 0.646. The lowest BCUT2D eigenvalue weighted by Gasteiger charge is -2.18. The van der Waals surface area contributed by atoms with Crippen LogP contribution >= 0.6 is 11.3 Å². The molecule has 1 N–H and O–H groups in total. The van der Waals surface area contributed by atoms with Crippen LogP contribution in [-0.2, 0) is 19.4 Å². The van der Waals surface area contributed by atoms with Gasteiger partial charge in [0.2, 0.25) is 0 Å². The molecule has 112 valence electrons. The maximum atomic E-state index is 5.61. The van der Waals surface area contributed by atoms with Crippen molar-refractivity contribution >= 4 is 11.3 Å². The number of fused-ring (bicyclic) bond motifs is 1. The summed E-state index contributed by atoms with van der Waals surface area (Å²) in [5.41, 5.74) is 1.28. The molecule has 4 heteroatoms. The molecule has 3 rings (SSSR count). The highest BCUT2D eigenvalue weighted by atomic mass is 32.1. The fourth-order valence-corrected chi connectivity index (χ4v) is 3.32. The highest BCUT2D eigenvalue weighted by Crippen LogP contribution is 2.30. The smallest absolute Gasteiger partial charge is 0.161 e. The maximum Gasteiger partial charge on any atom is 0.161 e. The second-order valence-electron chi connectivity index (χ2n) is 5.13. The average molecular weight is 303 g/mol. The number of benzene rings is 1. The molecule has 1 aromatic heterocycles. The molecule has 2 aromatic rings. The third-order valence-corrected chi connectivity index (χ3v) is 4.79. The van der Waals surface area contributed by atoms with Crippen LogP contribution in [0.3, 0.4) is 0 Å². The molecule has 0 saturated heterocycles. The molecular weight excluding hydrogens is 282 g/mol. The van der Waals surface area contributed by atoms with Crippen LogP contribution in [0.25, 0.3) is 0 Å². The van der Waals surface area contributed by atoms with E-state index in [4.69, 9.17) is 9.47 Å². The van der Waals surface area contributed by atoms with E-state index in [0.717, 1.165) is 37.4 Å². The Bertz CT molecular complexity index is 594. The number of rotatable bonds is 6. The van der Waals surface area contributed by atoms with Crippen LogP contribution in [0.1, 0.15) is 22.2 Å². The summed E-state index contributed by atoms with van der Waals surface area (Å²) >= 11 is 1.90. The SMILES string of the molecule is CCc1ccc(CNCCc2ccc3c(c2)OCCO3)s1. The molecule has 1 aliphatic heterocycles. The molecule has 0 unspecified atom stereocenters. The molecule has 0 amide bonds. The van der Waals surface area contributed by atoms with E-state index in [1.807, 2.05) is 17.4 Å². The highest BCUT2D eigenvalue weighted by molar-refractivity contribution is 7.11. The maximum absolute atomic E-state index is 5.61. The second kappa shape index (κ2) is 6.96. The van der Waals surface area contributed by atoms with Gasteiger partial charge in [0, 0.05) is 16.3 Å². The van der Waals surface area contributed by atoms with Crippen LogP contribution in [0.2, 0.25) is 0 Å². The average Bonchev–Trinajstić information content (AvgIpc) is 2.99. The molecule has 21 heavy (non-hydrogen) atoms. The third kappa shape index (κ3) is 3.77. The summed E-state index contributed by atoms with van der Waals surface area (Å²) in [5.74, 6) is 1.74. The Balaban J connectivity index is 1.47. The van der Waals surface area contributed by atoms with Gasteiger partial charge >= 0.3 is 0 Å². The van der Waals surface area contributed by atoms with Crippen molar-refractivity contribution in [3.05, 3.63) is 45.6 Å². The van der Waals surface area contributed by atoms with E-state index < -0.39 is 0 Å². The van der Waals surface area contributed by atoms with Crippen molar-refractivity contribution in [2.24, 2.45) is 0 Å². The zero-order valence-corrected chi connectivity index (χ0v) is 13.2. The van der Waals surface area contributed by atoms with E-state index in [9.17, 15) is 0 Å². The zero-order chi connectivity index (χ0) is 14.5. The Morgan fingerprint density at radius 3 is 2.67 bits per heavy atom. The van der Waals surface area contributed by atoms with E-state index >= 15 is 0 Å². The van der Waals surface area contributed by atoms with Gasteiger partial charge in [-0.1, -0.05) is 13.0 Å². The fourth-order valence-electron chi connectivity index (χ4n) is 2.39. The fraction of sp³-hybridized carbons (Fsp3) is 0.412. The Hall–Kier alpha value is -1.52. The van der Waals surface area contributed by atoms with Gasteiger partial charge in [-0.25, -0.2) is 0 Å². The lowest BCUT2D eigenvalue weighted by atomic mass is 10.1. The van der Waals surface area contributed by atoms with Gasteiger partial charge in [0.05, 0.1) is 0 Å². The molecule has 3 nitrogen and oxygen atoms in total. The second-order valence-corrected chi connectivity index (χ2v) is 6.38. The van der Waals surface area contributed by atoms with Crippen molar-refractivity contribution in [3.8, 4) is 11.5 Å². The topological polar surface area (TPSA) is 30.5 Å². The molecule has 1 aliphatic rings.